The molecule has 2 aromatic carbocycles. The summed E-state index contributed by atoms with van der Waals surface area (Å²) in [7, 11) is 3.06. The standard InChI is InChI=1S/C19H22N2O4/c1-14(22)21(16-7-5-4-6-8-16)12-11-20-19(23)15-9-10-17(24-2)18(13-15)25-3/h4-10,13H,11-12H2,1-3H3,(H,20,23). The fourth-order valence-corrected chi connectivity index (χ4v) is 2.44. The number of methoxy groups -OCH3 is 2. The van der Waals surface area contributed by atoms with E-state index < -0.39 is 0 Å². The topological polar surface area (TPSA) is 67.9 Å². The Morgan fingerprint density at radius 3 is 2.28 bits per heavy atom. The molecule has 0 bridgehead atoms. The molecule has 0 unspecified atom stereocenters. The van der Waals surface area contributed by atoms with Crippen molar-refractivity contribution in [2.45, 2.75) is 6.92 Å². The van der Waals surface area contributed by atoms with Crippen LogP contribution in [0.1, 0.15) is 17.3 Å². The zero-order valence-corrected chi connectivity index (χ0v) is 14.6. The van der Waals surface area contributed by atoms with Gasteiger partial charge in [0.15, 0.2) is 11.5 Å². The van der Waals surface area contributed by atoms with Gasteiger partial charge in [-0.25, -0.2) is 0 Å². The second kappa shape index (κ2) is 8.73. The van der Waals surface area contributed by atoms with Gasteiger partial charge < -0.3 is 19.7 Å². The molecule has 0 saturated carbocycles. The lowest BCUT2D eigenvalue weighted by Crippen LogP contribution is -2.37. The molecular formula is C19H22N2O4. The van der Waals surface area contributed by atoms with E-state index in [-0.39, 0.29) is 11.8 Å². The predicted octanol–water partition coefficient (Wildman–Crippen LogP) is 2.49. The number of ether oxygens (including phenoxy) is 2. The van der Waals surface area contributed by atoms with Gasteiger partial charge in [-0.05, 0) is 30.3 Å². The minimum Gasteiger partial charge on any atom is -0.493 e. The Labute approximate surface area is 147 Å². The molecule has 132 valence electrons. The van der Waals surface area contributed by atoms with E-state index in [9.17, 15) is 9.59 Å². The van der Waals surface area contributed by atoms with E-state index in [4.69, 9.17) is 9.47 Å². The Hall–Kier alpha value is -3.02. The molecule has 0 radical (unpaired) electrons. The number of para-hydroxylation sites is 1. The molecule has 0 heterocycles. The first-order chi connectivity index (χ1) is 12.1. The maximum Gasteiger partial charge on any atom is 0.251 e. The van der Waals surface area contributed by atoms with Crippen molar-refractivity contribution < 1.29 is 19.1 Å². The summed E-state index contributed by atoms with van der Waals surface area (Å²) in [6, 6.07) is 14.3. The second-order valence-electron chi connectivity index (χ2n) is 5.33. The van der Waals surface area contributed by atoms with Gasteiger partial charge in [-0.2, -0.15) is 0 Å². The van der Waals surface area contributed by atoms with Crippen LogP contribution in [0.25, 0.3) is 0 Å². The Morgan fingerprint density at radius 1 is 1.00 bits per heavy atom. The summed E-state index contributed by atoms with van der Waals surface area (Å²) in [5.41, 5.74) is 1.27. The van der Waals surface area contributed by atoms with Crippen LogP contribution in [0.3, 0.4) is 0 Å². The Morgan fingerprint density at radius 2 is 1.68 bits per heavy atom. The first-order valence-corrected chi connectivity index (χ1v) is 7.90. The molecule has 2 rings (SSSR count). The number of nitrogens with one attached hydrogen (secondary N) is 1. The SMILES string of the molecule is COc1ccc(C(=O)NCCN(C(C)=O)c2ccccc2)cc1OC. The van der Waals surface area contributed by atoms with Gasteiger partial charge in [0.05, 0.1) is 14.2 Å². The van der Waals surface area contributed by atoms with E-state index in [1.54, 1.807) is 23.1 Å². The Kier molecular flexibility index (Phi) is 6.39. The van der Waals surface area contributed by atoms with Gasteiger partial charge in [0.2, 0.25) is 5.91 Å². The number of amides is 2. The molecule has 6 heteroatoms. The third kappa shape index (κ3) is 4.73. The lowest BCUT2D eigenvalue weighted by Gasteiger charge is -2.21. The van der Waals surface area contributed by atoms with Gasteiger partial charge in [-0.15, -0.1) is 0 Å². The van der Waals surface area contributed by atoms with Gasteiger partial charge in [-0.1, -0.05) is 18.2 Å². The van der Waals surface area contributed by atoms with Crippen molar-refractivity contribution in [2.75, 3.05) is 32.2 Å². The largest absolute Gasteiger partial charge is 0.493 e. The molecule has 1 N–H and O–H groups in total. The van der Waals surface area contributed by atoms with Crippen molar-refractivity contribution in [1.29, 1.82) is 0 Å². The quantitative estimate of drug-likeness (QED) is 0.839. The summed E-state index contributed by atoms with van der Waals surface area (Å²) in [4.78, 5) is 25.7. The maximum absolute atomic E-state index is 12.3. The number of nitrogens with zero attached hydrogens (tertiary/aromatic N) is 1. The zero-order chi connectivity index (χ0) is 18.2. The first kappa shape index (κ1) is 18.3. The van der Waals surface area contributed by atoms with Gasteiger partial charge >= 0.3 is 0 Å². The second-order valence-corrected chi connectivity index (χ2v) is 5.33. The number of hydrogen-bond donors (Lipinski definition) is 1. The maximum atomic E-state index is 12.3. The van der Waals surface area contributed by atoms with Gasteiger partial charge in [0.25, 0.3) is 5.91 Å². The smallest absolute Gasteiger partial charge is 0.251 e. The highest BCUT2D eigenvalue weighted by Crippen LogP contribution is 2.27. The molecule has 0 aliphatic heterocycles. The van der Waals surface area contributed by atoms with Crippen LogP contribution in [0.5, 0.6) is 11.5 Å². The monoisotopic (exact) mass is 342 g/mol. The van der Waals surface area contributed by atoms with Crippen molar-refractivity contribution in [3.8, 4) is 11.5 Å². The summed E-state index contributed by atoms with van der Waals surface area (Å²) in [5.74, 6) is 0.736. The zero-order valence-electron chi connectivity index (χ0n) is 14.6. The fourth-order valence-electron chi connectivity index (χ4n) is 2.44. The van der Waals surface area contributed by atoms with Crippen LogP contribution in [-0.2, 0) is 4.79 Å². The number of benzene rings is 2. The van der Waals surface area contributed by atoms with E-state index in [0.29, 0.717) is 30.2 Å². The van der Waals surface area contributed by atoms with Crippen LogP contribution in [0.4, 0.5) is 5.69 Å². The molecule has 2 amide bonds. The van der Waals surface area contributed by atoms with Crippen molar-refractivity contribution in [1.82, 2.24) is 5.32 Å². The van der Waals surface area contributed by atoms with Crippen LogP contribution < -0.4 is 19.7 Å². The molecule has 0 atom stereocenters. The Bertz CT molecular complexity index is 731. The van der Waals surface area contributed by atoms with E-state index in [1.165, 1.54) is 21.1 Å². The molecule has 2 aromatic rings. The lowest BCUT2D eigenvalue weighted by molar-refractivity contribution is -0.116. The molecular weight excluding hydrogens is 320 g/mol. The van der Waals surface area contributed by atoms with Crippen molar-refractivity contribution in [3.05, 3.63) is 54.1 Å². The molecule has 25 heavy (non-hydrogen) atoms. The highest BCUT2D eigenvalue weighted by molar-refractivity contribution is 5.95. The van der Waals surface area contributed by atoms with Gasteiger partial charge in [-0.3, -0.25) is 9.59 Å². The van der Waals surface area contributed by atoms with Crippen LogP contribution in [-0.4, -0.2) is 39.1 Å². The minimum absolute atomic E-state index is 0.0773. The average molecular weight is 342 g/mol. The van der Waals surface area contributed by atoms with E-state index >= 15 is 0 Å². The van der Waals surface area contributed by atoms with Crippen molar-refractivity contribution in [3.63, 3.8) is 0 Å². The third-order valence-corrected chi connectivity index (χ3v) is 3.71. The van der Waals surface area contributed by atoms with Crippen LogP contribution in [0.2, 0.25) is 0 Å². The average Bonchev–Trinajstić information content (AvgIpc) is 2.64. The lowest BCUT2D eigenvalue weighted by atomic mass is 10.2. The number of rotatable bonds is 7. The molecule has 6 nitrogen and oxygen atoms in total. The summed E-state index contributed by atoms with van der Waals surface area (Å²) < 4.78 is 10.4. The number of hydrogen-bond acceptors (Lipinski definition) is 4. The molecule has 0 saturated heterocycles. The number of carbonyl (C=O) groups is 2. The summed E-state index contributed by atoms with van der Waals surface area (Å²) >= 11 is 0. The molecule has 0 aromatic heterocycles. The third-order valence-electron chi connectivity index (χ3n) is 3.71. The summed E-state index contributed by atoms with van der Waals surface area (Å²) in [6.07, 6.45) is 0. The summed E-state index contributed by atoms with van der Waals surface area (Å²) in [6.45, 7) is 2.23. The summed E-state index contributed by atoms with van der Waals surface area (Å²) in [5, 5.41) is 2.81. The molecule has 0 aliphatic carbocycles. The minimum atomic E-state index is -0.238. The molecule has 0 aliphatic rings. The number of anilines is 1. The fraction of sp³-hybridized carbons (Fsp3) is 0.263. The van der Waals surface area contributed by atoms with E-state index in [1.807, 2.05) is 30.3 Å². The number of carbonyl (C=O) groups excluding carboxylic acids is 2. The first-order valence-electron chi connectivity index (χ1n) is 7.90. The van der Waals surface area contributed by atoms with Crippen LogP contribution in [0, 0.1) is 0 Å². The van der Waals surface area contributed by atoms with E-state index in [2.05, 4.69) is 5.32 Å². The molecule has 0 spiro atoms. The van der Waals surface area contributed by atoms with Crippen LogP contribution >= 0.6 is 0 Å². The van der Waals surface area contributed by atoms with Gasteiger partial charge in [0, 0.05) is 31.3 Å². The highest BCUT2D eigenvalue weighted by Gasteiger charge is 2.13. The normalized spacial score (nSPS) is 10.0. The van der Waals surface area contributed by atoms with Crippen molar-refractivity contribution in [2.24, 2.45) is 0 Å². The van der Waals surface area contributed by atoms with Crippen LogP contribution in [0.15, 0.2) is 48.5 Å². The Balaban J connectivity index is 1.98. The van der Waals surface area contributed by atoms with Gasteiger partial charge in [0.1, 0.15) is 0 Å². The van der Waals surface area contributed by atoms with Crippen molar-refractivity contribution >= 4 is 17.5 Å². The van der Waals surface area contributed by atoms with E-state index in [0.717, 1.165) is 5.69 Å². The predicted molar refractivity (Wildman–Crippen MR) is 96.3 cm³/mol. The highest BCUT2D eigenvalue weighted by atomic mass is 16.5. The molecule has 0 fully saturated rings.